The minimum Gasteiger partial charge on any atom is -0.319 e. The molecule has 0 amide bonds. The van der Waals surface area contributed by atoms with Gasteiger partial charge in [-0.1, -0.05) is 23.7 Å². The summed E-state index contributed by atoms with van der Waals surface area (Å²) in [6.07, 6.45) is 1.32. The lowest BCUT2D eigenvalue weighted by Gasteiger charge is -1.99. The summed E-state index contributed by atoms with van der Waals surface area (Å²) in [6, 6.07) is 8.24. The zero-order valence-electron chi connectivity index (χ0n) is 7.76. The lowest BCUT2D eigenvalue weighted by Crippen LogP contribution is -2.10. The normalized spacial score (nSPS) is 26.0. The van der Waals surface area contributed by atoms with Gasteiger partial charge in [0, 0.05) is 5.02 Å². The van der Waals surface area contributed by atoms with Gasteiger partial charge in [0.15, 0.2) is 0 Å². The van der Waals surface area contributed by atoms with Crippen LogP contribution >= 0.6 is 11.6 Å². The average Bonchev–Trinajstić information content (AvgIpc) is 2.86. The molecule has 1 aromatic rings. The number of rotatable bonds is 3. The first-order valence-electron chi connectivity index (χ1n) is 4.71. The highest BCUT2D eigenvalue weighted by Gasteiger charge is 2.37. The van der Waals surface area contributed by atoms with Crippen molar-refractivity contribution in [3.8, 4) is 0 Å². The maximum absolute atomic E-state index is 5.82. The molecule has 0 heterocycles. The molecule has 2 heteroatoms. The Bertz CT molecular complexity index is 281. The highest BCUT2D eigenvalue weighted by Crippen LogP contribution is 2.46. The van der Waals surface area contributed by atoms with Crippen LogP contribution in [0.25, 0.3) is 0 Å². The average molecular weight is 196 g/mol. The summed E-state index contributed by atoms with van der Waals surface area (Å²) in [5.74, 6) is 1.61. The van der Waals surface area contributed by atoms with Crippen molar-refractivity contribution in [3.05, 3.63) is 34.9 Å². The lowest BCUT2D eigenvalue weighted by atomic mass is 10.1. The number of benzene rings is 1. The Morgan fingerprint density at radius 2 is 2.08 bits per heavy atom. The quantitative estimate of drug-likeness (QED) is 0.782. The van der Waals surface area contributed by atoms with Crippen molar-refractivity contribution in [1.82, 2.24) is 5.32 Å². The Hall–Kier alpha value is -0.530. The predicted molar refractivity (Wildman–Crippen MR) is 56.2 cm³/mol. The summed E-state index contributed by atoms with van der Waals surface area (Å²) in [4.78, 5) is 0. The van der Waals surface area contributed by atoms with Crippen LogP contribution in [0.4, 0.5) is 0 Å². The third-order valence-corrected chi connectivity index (χ3v) is 2.94. The van der Waals surface area contributed by atoms with Crippen LogP contribution in [0, 0.1) is 5.92 Å². The maximum Gasteiger partial charge on any atom is 0.0406 e. The van der Waals surface area contributed by atoms with Crippen LogP contribution in [0.5, 0.6) is 0 Å². The van der Waals surface area contributed by atoms with Crippen LogP contribution in [0.3, 0.4) is 0 Å². The fraction of sp³-hybridized carbons (Fsp3) is 0.455. The van der Waals surface area contributed by atoms with E-state index < -0.39 is 0 Å². The Morgan fingerprint density at radius 1 is 1.38 bits per heavy atom. The molecule has 70 valence electrons. The molecule has 1 saturated carbocycles. The van der Waals surface area contributed by atoms with E-state index in [1.54, 1.807) is 0 Å². The van der Waals surface area contributed by atoms with E-state index >= 15 is 0 Å². The second kappa shape index (κ2) is 3.69. The third kappa shape index (κ3) is 2.04. The van der Waals surface area contributed by atoms with Crippen molar-refractivity contribution in [1.29, 1.82) is 0 Å². The van der Waals surface area contributed by atoms with Crippen molar-refractivity contribution < 1.29 is 0 Å². The molecular formula is C11H14ClN. The third-order valence-electron chi connectivity index (χ3n) is 2.69. The van der Waals surface area contributed by atoms with E-state index in [1.807, 2.05) is 19.2 Å². The summed E-state index contributed by atoms with van der Waals surface area (Å²) in [6.45, 7) is 1.13. The summed E-state index contributed by atoms with van der Waals surface area (Å²) in [5.41, 5.74) is 1.43. The van der Waals surface area contributed by atoms with E-state index in [9.17, 15) is 0 Å². The van der Waals surface area contributed by atoms with E-state index in [2.05, 4.69) is 17.4 Å². The van der Waals surface area contributed by atoms with Gasteiger partial charge in [-0.15, -0.1) is 0 Å². The molecule has 1 aromatic carbocycles. The molecule has 0 radical (unpaired) electrons. The molecule has 1 aliphatic rings. The molecule has 1 N–H and O–H groups in total. The molecule has 0 saturated heterocycles. The van der Waals surface area contributed by atoms with Crippen molar-refractivity contribution in [3.63, 3.8) is 0 Å². The predicted octanol–water partition coefficient (Wildman–Crippen LogP) is 2.66. The van der Waals surface area contributed by atoms with E-state index in [-0.39, 0.29) is 0 Å². The largest absolute Gasteiger partial charge is 0.319 e. The van der Waals surface area contributed by atoms with Gasteiger partial charge in [-0.3, -0.25) is 0 Å². The number of hydrogen-bond acceptors (Lipinski definition) is 1. The van der Waals surface area contributed by atoms with Gasteiger partial charge in [-0.05, 0) is 49.5 Å². The van der Waals surface area contributed by atoms with Crippen molar-refractivity contribution >= 4 is 11.6 Å². The number of halogens is 1. The second-order valence-electron chi connectivity index (χ2n) is 3.71. The van der Waals surface area contributed by atoms with Crippen LogP contribution in [0.2, 0.25) is 5.02 Å². The SMILES string of the molecule is CNC[C@@H]1C[C@@H]1c1ccc(Cl)cc1. The van der Waals surface area contributed by atoms with Crippen molar-refractivity contribution in [2.24, 2.45) is 5.92 Å². The van der Waals surface area contributed by atoms with Gasteiger partial charge in [-0.2, -0.15) is 0 Å². The summed E-state index contributed by atoms with van der Waals surface area (Å²) in [5, 5.41) is 4.04. The van der Waals surface area contributed by atoms with Crippen LogP contribution in [-0.2, 0) is 0 Å². The monoisotopic (exact) mass is 195 g/mol. The van der Waals surface area contributed by atoms with Gasteiger partial charge >= 0.3 is 0 Å². The molecular weight excluding hydrogens is 182 g/mol. The fourth-order valence-corrected chi connectivity index (χ4v) is 1.98. The molecule has 0 aromatic heterocycles. The van der Waals surface area contributed by atoms with Gasteiger partial charge in [-0.25, -0.2) is 0 Å². The molecule has 2 rings (SSSR count). The maximum atomic E-state index is 5.82. The Balaban J connectivity index is 2.00. The zero-order valence-corrected chi connectivity index (χ0v) is 8.51. The van der Waals surface area contributed by atoms with Gasteiger partial charge < -0.3 is 5.32 Å². The Morgan fingerprint density at radius 3 is 2.69 bits per heavy atom. The summed E-state index contributed by atoms with van der Waals surface area (Å²) < 4.78 is 0. The van der Waals surface area contributed by atoms with Crippen LogP contribution in [0.15, 0.2) is 24.3 Å². The standard InChI is InChI=1S/C11H14ClN/c1-13-7-9-6-11(9)8-2-4-10(12)5-3-8/h2-5,9,11,13H,6-7H2,1H3/t9-,11+/m0/s1. The van der Waals surface area contributed by atoms with Gasteiger partial charge in [0.25, 0.3) is 0 Å². The molecule has 0 bridgehead atoms. The molecule has 0 spiro atoms. The Kier molecular flexibility index (Phi) is 2.56. The van der Waals surface area contributed by atoms with E-state index in [1.165, 1.54) is 12.0 Å². The van der Waals surface area contributed by atoms with Gasteiger partial charge in [0.2, 0.25) is 0 Å². The minimum atomic E-state index is 0.768. The minimum absolute atomic E-state index is 0.768. The zero-order chi connectivity index (χ0) is 9.26. The van der Waals surface area contributed by atoms with Crippen LogP contribution in [-0.4, -0.2) is 13.6 Å². The molecule has 1 fully saturated rings. The van der Waals surface area contributed by atoms with Crippen LogP contribution in [0.1, 0.15) is 17.9 Å². The van der Waals surface area contributed by atoms with E-state index in [4.69, 9.17) is 11.6 Å². The molecule has 0 unspecified atom stereocenters. The van der Waals surface area contributed by atoms with E-state index in [0.29, 0.717) is 0 Å². The lowest BCUT2D eigenvalue weighted by molar-refractivity contribution is 0.698. The van der Waals surface area contributed by atoms with Crippen molar-refractivity contribution in [2.45, 2.75) is 12.3 Å². The fourth-order valence-electron chi connectivity index (χ4n) is 1.85. The van der Waals surface area contributed by atoms with Gasteiger partial charge in [0.05, 0.1) is 0 Å². The first-order valence-corrected chi connectivity index (χ1v) is 5.09. The molecule has 2 atom stereocenters. The smallest absolute Gasteiger partial charge is 0.0406 e. The molecule has 1 nitrogen and oxygen atoms in total. The topological polar surface area (TPSA) is 12.0 Å². The first-order chi connectivity index (χ1) is 6.31. The molecule has 13 heavy (non-hydrogen) atoms. The Labute approximate surface area is 84.1 Å². The number of hydrogen-bond donors (Lipinski definition) is 1. The number of nitrogens with one attached hydrogen (secondary N) is 1. The molecule has 1 aliphatic carbocycles. The highest BCUT2D eigenvalue weighted by atomic mass is 35.5. The summed E-state index contributed by atoms with van der Waals surface area (Å²) >= 11 is 5.82. The second-order valence-corrected chi connectivity index (χ2v) is 4.15. The van der Waals surface area contributed by atoms with Crippen molar-refractivity contribution in [2.75, 3.05) is 13.6 Å². The molecule has 0 aliphatic heterocycles. The highest BCUT2D eigenvalue weighted by molar-refractivity contribution is 6.30. The first kappa shape index (κ1) is 9.04. The summed E-state index contributed by atoms with van der Waals surface area (Å²) in [7, 11) is 2.01. The van der Waals surface area contributed by atoms with Gasteiger partial charge in [0.1, 0.15) is 0 Å². The van der Waals surface area contributed by atoms with Crippen LogP contribution < -0.4 is 5.32 Å². The van der Waals surface area contributed by atoms with E-state index in [0.717, 1.165) is 23.4 Å².